The zero-order valence-electron chi connectivity index (χ0n) is 17.6. The highest BCUT2D eigenvalue weighted by atomic mass is 32.2. The quantitative estimate of drug-likeness (QED) is 0.551. The molecule has 3 rings (SSSR count). The van der Waals surface area contributed by atoms with Gasteiger partial charge in [-0.05, 0) is 23.3 Å². The Bertz CT molecular complexity index is 1080. The summed E-state index contributed by atoms with van der Waals surface area (Å²) in [4.78, 5) is 15.0. The molecular weight excluding hydrogens is 412 g/mol. The van der Waals surface area contributed by atoms with Gasteiger partial charge >= 0.3 is 0 Å². The molecule has 0 bridgehead atoms. The molecule has 0 heterocycles. The number of carbonyl (C=O) groups is 1. The Morgan fingerprint density at radius 3 is 1.90 bits per heavy atom. The lowest BCUT2D eigenvalue weighted by molar-refractivity contribution is -0.130. The molecule has 0 aromatic heterocycles. The van der Waals surface area contributed by atoms with Crippen molar-refractivity contribution in [3.8, 4) is 5.75 Å². The number of benzene rings is 3. The van der Waals surface area contributed by atoms with E-state index < -0.39 is 9.84 Å². The second-order valence-corrected chi connectivity index (χ2v) is 9.17. The lowest BCUT2D eigenvalue weighted by atomic mass is 10.1. The minimum Gasteiger partial charge on any atom is -0.493 e. The lowest BCUT2D eigenvalue weighted by Gasteiger charge is -2.24. The first kappa shape index (κ1) is 22.4. The number of hydrogen-bond acceptors (Lipinski definition) is 5. The molecule has 0 atom stereocenters. The van der Waals surface area contributed by atoms with Crippen LogP contribution in [0, 0.1) is 0 Å². The van der Waals surface area contributed by atoms with Crippen molar-refractivity contribution in [2.45, 2.75) is 18.0 Å². The van der Waals surface area contributed by atoms with Gasteiger partial charge in [0.1, 0.15) is 4.90 Å². The number of amides is 1. The third-order valence-electron chi connectivity index (χ3n) is 4.80. The van der Waals surface area contributed by atoms with Gasteiger partial charge in [-0.1, -0.05) is 66.7 Å². The Labute approximate surface area is 183 Å². The van der Waals surface area contributed by atoms with Gasteiger partial charge in [-0.15, -0.1) is 0 Å². The van der Waals surface area contributed by atoms with Crippen LogP contribution in [0.25, 0.3) is 0 Å². The van der Waals surface area contributed by atoms with E-state index in [-0.39, 0.29) is 23.1 Å². The van der Waals surface area contributed by atoms with Crippen LogP contribution in [0.15, 0.2) is 83.8 Å². The minimum atomic E-state index is -3.46. The van der Waals surface area contributed by atoms with Crippen LogP contribution in [0.4, 0.5) is 5.69 Å². The molecule has 3 aromatic carbocycles. The average molecular weight is 439 g/mol. The molecule has 6 nitrogen and oxygen atoms in total. The van der Waals surface area contributed by atoms with E-state index in [0.29, 0.717) is 18.8 Å². The number of carbonyl (C=O) groups excluding carboxylic acids is 1. The number of hydrogen-bond donors (Lipinski definition) is 1. The number of rotatable bonds is 9. The van der Waals surface area contributed by atoms with Gasteiger partial charge in [-0.2, -0.15) is 0 Å². The molecule has 0 spiro atoms. The van der Waals surface area contributed by atoms with Gasteiger partial charge in [-0.25, -0.2) is 8.42 Å². The molecule has 0 aliphatic heterocycles. The predicted octanol–water partition coefficient (Wildman–Crippen LogP) is 3.74. The van der Waals surface area contributed by atoms with Crippen molar-refractivity contribution in [3.63, 3.8) is 0 Å². The Kier molecular flexibility index (Phi) is 7.31. The summed E-state index contributed by atoms with van der Waals surface area (Å²) in [7, 11) is -2.05. The molecule has 0 aliphatic carbocycles. The summed E-state index contributed by atoms with van der Waals surface area (Å²) in [5, 5.41) is 3.05. The predicted molar refractivity (Wildman–Crippen MR) is 122 cm³/mol. The highest BCUT2D eigenvalue weighted by Gasteiger charge is 2.19. The molecule has 0 saturated carbocycles. The summed E-state index contributed by atoms with van der Waals surface area (Å²) in [6.07, 6.45) is 1.13. The van der Waals surface area contributed by atoms with Gasteiger partial charge in [0, 0.05) is 19.3 Å². The van der Waals surface area contributed by atoms with Crippen LogP contribution in [0.1, 0.15) is 11.1 Å². The number of nitrogens with one attached hydrogen (secondary N) is 1. The normalized spacial score (nSPS) is 11.0. The van der Waals surface area contributed by atoms with E-state index in [0.717, 1.165) is 17.4 Å². The third-order valence-corrected chi connectivity index (χ3v) is 5.92. The van der Waals surface area contributed by atoms with E-state index in [1.807, 2.05) is 60.7 Å². The Morgan fingerprint density at radius 2 is 1.42 bits per heavy atom. The maximum Gasteiger partial charge on any atom is 0.242 e. The van der Waals surface area contributed by atoms with Crippen molar-refractivity contribution < 1.29 is 17.9 Å². The van der Waals surface area contributed by atoms with Gasteiger partial charge in [0.2, 0.25) is 5.91 Å². The highest BCUT2D eigenvalue weighted by molar-refractivity contribution is 7.90. The fraction of sp³-hybridized carbons (Fsp3) is 0.208. The highest BCUT2D eigenvalue weighted by Crippen LogP contribution is 2.32. The summed E-state index contributed by atoms with van der Waals surface area (Å²) >= 11 is 0. The van der Waals surface area contributed by atoms with Gasteiger partial charge in [0.05, 0.1) is 19.3 Å². The molecule has 3 aromatic rings. The maximum absolute atomic E-state index is 13.1. The number of ether oxygens (including phenoxy) is 1. The third kappa shape index (κ3) is 6.08. The van der Waals surface area contributed by atoms with E-state index in [1.165, 1.54) is 13.2 Å². The number of para-hydroxylation sites is 1. The van der Waals surface area contributed by atoms with E-state index in [1.54, 1.807) is 17.0 Å². The van der Waals surface area contributed by atoms with Gasteiger partial charge in [-0.3, -0.25) is 4.79 Å². The van der Waals surface area contributed by atoms with Crippen LogP contribution in [0.3, 0.4) is 0 Å². The van der Waals surface area contributed by atoms with Gasteiger partial charge in [0.15, 0.2) is 15.6 Å². The number of nitrogens with zero attached hydrogens (tertiary/aromatic N) is 1. The molecule has 0 fully saturated rings. The molecule has 0 aliphatic rings. The monoisotopic (exact) mass is 438 g/mol. The zero-order valence-corrected chi connectivity index (χ0v) is 18.4. The van der Waals surface area contributed by atoms with Crippen molar-refractivity contribution in [3.05, 3.63) is 90.0 Å². The Hall–Kier alpha value is -3.32. The van der Waals surface area contributed by atoms with E-state index in [2.05, 4.69) is 5.32 Å². The van der Waals surface area contributed by atoms with Gasteiger partial charge in [0.25, 0.3) is 0 Å². The Morgan fingerprint density at radius 1 is 0.871 bits per heavy atom. The molecule has 1 N–H and O–H groups in total. The maximum atomic E-state index is 13.1. The largest absolute Gasteiger partial charge is 0.493 e. The summed E-state index contributed by atoms with van der Waals surface area (Å²) in [6, 6.07) is 24.4. The fourth-order valence-electron chi connectivity index (χ4n) is 3.28. The molecule has 31 heavy (non-hydrogen) atoms. The minimum absolute atomic E-state index is 0.00322. The molecule has 0 unspecified atom stereocenters. The molecule has 1 amide bonds. The van der Waals surface area contributed by atoms with Crippen molar-refractivity contribution in [1.29, 1.82) is 0 Å². The van der Waals surface area contributed by atoms with Crippen LogP contribution in [-0.4, -0.2) is 39.1 Å². The van der Waals surface area contributed by atoms with Crippen LogP contribution in [0.2, 0.25) is 0 Å². The summed E-state index contributed by atoms with van der Waals surface area (Å²) < 4.78 is 29.4. The Balaban J connectivity index is 1.79. The topological polar surface area (TPSA) is 75.7 Å². The smallest absolute Gasteiger partial charge is 0.242 e. The first-order valence-electron chi connectivity index (χ1n) is 9.85. The summed E-state index contributed by atoms with van der Waals surface area (Å²) in [5.41, 5.74) is 2.52. The van der Waals surface area contributed by atoms with Crippen LogP contribution in [-0.2, 0) is 27.7 Å². The van der Waals surface area contributed by atoms with Crippen molar-refractivity contribution in [2.75, 3.05) is 25.2 Å². The average Bonchev–Trinajstić information content (AvgIpc) is 2.77. The summed E-state index contributed by atoms with van der Waals surface area (Å²) in [6.45, 7) is 0.941. The number of sulfone groups is 1. The molecule has 162 valence electrons. The lowest BCUT2D eigenvalue weighted by Crippen LogP contribution is -2.34. The fourth-order valence-corrected chi connectivity index (χ4v) is 4.14. The second-order valence-electron chi connectivity index (χ2n) is 7.18. The first-order chi connectivity index (χ1) is 14.9. The SMILES string of the molecule is COc1c(NCC(=O)N(Cc2ccccc2)Cc2ccccc2)cccc1S(C)(=O)=O. The van der Waals surface area contributed by atoms with E-state index in [9.17, 15) is 13.2 Å². The van der Waals surface area contributed by atoms with Gasteiger partial charge < -0.3 is 15.0 Å². The van der Waals surface area contributed by atoms with Crippen LogP contribution < -0.4 is 10.1 Å². The zero-order chi connectivity index (χ0) is 22.3. The van der Waals surface area contributed by atoms with E-state index in [4.69, 9.17) is 4.74 Å². The number of methoxy groups -OCH3 is 1. The first-order valence-corrected chi connectivity index (χ1v) is 11.7. The van der Waals surface area contributed by atoms with E-state index >= 15 is 0 Å². The molecule has 0 saturated heterocycles. The molecule has 0 radical (unpaired) electrons. The van der Waals surface area contributed by atoms with Crippen LogP contribution in [0.5, 0.6) is 5.75 Å². The van der Waals surface area contributed by atoms with Crippen molar-refractivity contribution in [1.82, 2.24) is 4.90 Å². The molecule has 7 heteroatoms. The number of anilines is 1. The standard InChI is InChI=1S/C24H26N2O4S/c1-30-24-21(14-9-15-22(24)31(2,28)29)25-16-23(27)26(17-19-10-5-3-6-11-19)18-20-12-7-4-8-13-20/h3-15,25H,16-18H2,1-2H3. The second kappa shape index (κ2) is 10.1. The van der Waals surface area contributed by atoms with Crippen LogP contribution >= 0.6 is 0 Å². The van der Waals surface area contributed by atoms with Crippen molar-refractivity contribution in [2.24, 2.45) is 0 Å². The molecular formula is C24H26N2O4S. The summed E-state index contributed by atoms with van der Waals surface area (Å²) in [5.74, 6) is 0.0926. The van der Waals surface area contributed by atoms with Crippen molar-refractivity contribution >= 4 is 21.4 Å².